The summed E-state index contributed by atoms with van der Waals surface area (Å²) in [6, 6.07) is 14.6. The fraction of sp³-hybridized carbons (Fsp3) is 0.613. The fourth-order valence-electron chi connectivity index (χ4n) is 6.36. The molecular weight excluding hydrogens is 407 g/mol. The van der Waals surface area contributed by atoms with Crippen LogP contribution in [-0.2, 0) is 11.2 Å². The van der Waals surface area contributed by atoms with E-state index in [-0.39, 0.29) is 5.82 Å². The summed E-state index contributed by atoms with van der Waals surface area (Å²) in [5, 5.41) is 0. The number of hydrogen-bond donors (Lipinski definition) is 0. The zero-order chi connectivity index (χ0) is 23.0. The van der Waals surface area contributed by atoms with Crippen molar-refractivity contribution in [3.63, 3.8) is 0 Å². The van der Waals surface area contributed by atoms with Gasteiger partial charge in [0.25, 0.3) is 0 Å². The van der Waals surface area contributed by atoms with Gasteiger partial charge in [0, 0.05) is 19.3 Å². The molecule has 0 N–H and O–H groups in total. The van der Waals surface area contributed by atoms with Gasteiger partial charge in [0.15, 0.2) is 0 Å². The lowest BCUT2D eigenvalue weighted by Gasteiger charge is -2.28. The van der Waals surface area contributed by atoms with Crippen LogP contribution in [0.2, 0.25) is 0 Å². The maximum Gasteiger partial charge on any atom is 0.131 e. The molecule has 2 aromatic carbocycles. The van der Waals surface area contributed by atoms with Crippen LogP contribution in [0.4, 0.5) is 4.39 Å². The van der Waals surface area contributed by atoms with Gasteiger partial charge in [-0.2, -0.15) is 0 Å². The molecule has 1 nitrogen and oxygen atoms in total. The number of aryl methyl sites for hydroxylation is 1. The van der Waals surface area contributed by atoms with Crippen molar-refractivity contribution in [1.29, 1.82) is 0 Å². The molecule has 0 saturated heterocycles. The molecule has 0 heterocycles. The first-order valence-corrected chi connectivity index (χ1v) is 13.5. The van der Waals surface area contributed by atoms with E-state index >= 15 is 4.39 Å². The third kappa shape index (κ3) is 6.69. The summed E-state index contributed by atoms with van der Waals surface area (Å²) < 4.78 is 20.4. The van der Waals surface area contributed by atoms with Crippen molar-refractivity contribution in [2.45, 2.75) is 89.9 Å². The number of benzene rings is 2. The van der Waals surface area contributed by atoms with Gasteiger partial charge in [0.1, 0.15) is 5.82 Å². The quantitative estimate of drug-likeness (QED) is 0.370. The third-order valence-corrected chi connectivity index (χ3v) is 8.48. The Morgan fingerprint density at radius 3 is 2.06 bits per heavy atom. The van der Waals surface area contributed by atoms with Crippen molar-refractivity contribution in [2.24, 2.45) is 17.8 Å². The molecule has 0 atom stereocenters. The van der Waals surface area contributed by atoms with E-state index in [1.165, 1.54) is 81.8 Å². The van der Waals surface area contributed by atoms with Gasteiger partial charge in [-0.3, -0.25) is 0 Å². The highest BCUT2D eigenvalue weighted by Gasteiger charge is 2.23. The van der Waals surface area contributed by atoms with E-state index in [0.717, 1.165) is 41.9 Å². The molecular formula is C31H43FO. The third-order valence-electron chi connectivity index (χ3n) is 8.48. The normalized spacial score (nSPS) is 25.8. The summed E-state index contributed by atoms with van der Waals surface area (Å²) in [5.74, 6) is 2.97. The monoisotopic (exact) mass is 450 g/mol. The molecule has 0 bridgehead atoms. The minimum Gasteiger partial charge on any atom is -0.384 e. The standard InChI is InChI=1S/C31H43FO/c1-3-4-23-11-15-27(16-12-23)29-19-20-30(31(32)21-29)28-17-13-25(14-18-28)6-5-24-7-9-26(10-8-24)22-33-2/h13-14,17-21,23-24,26-27H,3-12,15-16,22H2,1-2H3. The first-order chi connectivity index (χ1) is 16.2. The van der Waals surface area contributed by atoms with Gasteiger partial charge in [-0.05, 0) is 97.8 Å². The van der Waals surface area contributed by atoms with Crippen LogP contribution in [0.5, 0.6) is 0 Å². The molecule has 0 unspecified atom stereocenters. The van der Waals surface area contributed by atoms with Crippen LogP contribution in [0.15, 0.2) is 42.5 Å². The van der Waals surface area contributed by atoms with Crippen LogP contribution in [-0.4, -0.2) is 13.7 Å². The summed E-state index contributed by atoms with van der Waals surface area (Å²) in [6.45, 7) is 3.20. The molecule has 0 spiro atoms. The zero-order valence-electron chi connectivity index (χ0n) is 20.8. The molecule has 4 rings (SSSR count). The molecule has 0 aromatic heterocycles. The van der Waals surface area contributed by atoms with Crippen LogP contribution in [0.25, 0.3) is 11.1 Å². The van der Waals surface area contributed by atoms with Crippen molar-refractivity contribution < 1.29 is 9.13 Å². The molecule has 2 saturated carbocycles. The SMILES string of the molecule is CCCC1CCC(c2ccc(-c3ccc(CCC4CCC(COC)CC4)cc3)c(F)c2)CC1. The lowest BCUT2D eigenvalue weighted by molar-refractivity contribution is 0.117. The predicted molar refractivity (Wildman–Crippen MR) is 137 cm³/mol. The number of methoxy groups -OCH3 is 1. The molecule has 2 aliphatic carbocycles. The summed E-state index contributed by atoms with van der Waals surface area (Å²) >= 11 is 0. The summed E-state index contributed by atoms with van der Waals surface area (Å²) in [4.78, 5) is 0. The van der Waals surface area contributed by atoms with E-state index < -0.39 is 0 Å². The van der Waals surface area contributed by atoms with Gasteiger partial charge in [-0.1, -0.05) is 69.0 Å². The molecule has 0 radical (unpaired) electrons. The van der Waals surface area contributed by atoms with Gasteiger partial charge < -0.3 is 4.74 Å². The largest absolute Gasteiger partial charge is 0.384 e. The second-order valence-corrected chi connectivity index (χ2v) is 10.8. The molecule has 33 heavy (non-hydrogen) atoms. The lowest BCUT2D eigenvalue weighted by Crippen LogP contribution is -2.18. The number of hydrogen-bond acceptors (Lipinski definition) is 1. The summed E-state index contributed by atoms with van der Waals surface area (Å²) in [7, 11) is 1.81. The minimum atomic E-state index is -0.0660. The Kier molecular flexibility index (Phi) is 9.01. The van der Waals surface area contributed by atoms with Crippen LogP contribution < -0.4 is 0 Å². The van der Waals surface area contributed by atoms with Crippen LogP contribution in [0, 0.1) is 23.6 Å². The number of halogens is 1. The Bertz CT molecular complexity index is 842. The highest BCUT2D eigenvalue weighted by molar-refractivity contribution is 5.65. The van der Waals surface area contributed by atoms with E-state index in [0.29, 0.717) is 5.92 Å². The lowest BCUT2D eigenvalue weighted by atomic mass is 9.77. The fourth-order valence-corrected chi connectivity index (χ4v) is 6.36. The van der Waals surface area contributed by atoms with E-state index in [1.54, 1.807) is 0 Å². The van der Waals surface area contributed by atoms with Gasteiger partial charge >= 0.3 is 0 Å². The summed E-state index contributed by atoms with van der Waals surface area (Å²) in [6.07, 6.45) is 15.4. The van der Waals surface area contributed by atoms with Crippen molar-refractivity contribution in [2.75, 3.05) is 13.7 Å². The highest BCUT2D eigenvalue weighted by Crippen LogP contribution is 2.39. The highest BCUT2D eigenvalue weighted by atomic mass is 19.1. The van der Waals surface area contributed by atoms with E-state index in [4.69, 9.17) is 4.74 Å². The van der Waals surface area contributed by atoms with E-state index in [2.05, 4.69) is 37.3 Å². The molecule has 2 heteroatoms. The van der Waals surface area contributed by atoms with Crippen molar-refractivity contribution >= 4 is 0 Å². The first-order valence-electron chi connectivity index (χ1n) is 13.5. The van der Waals surface area contributed by atoms with Crippen LogP contribution in [0.1, 0.15) is 94.6 Å². The van der Waals surface area contributed by atoms with Crippen LogP contribution in [0.3, 0.4) is 0 Å². The Hall–Kier alpha value is -1.67. The van der Waals surface area contributed by atoms with Gasteiger partial charge in [0.2, 0.25) is 0 Å². The average Bonchev–Trinajstić information content (AvgIpc) is 2.85. The number of ether oxygens (including phenoxy) is 1. The van der Waals surface area contributed by atoms with Gasteiger partial charge in [0.05, 0.1) is 0 Å². The molecule has 0 aliphatic heterocycles. The second kappa shape index (κ2) is 12.2. The maximum absolute atomic E-state index is 15.1. The van der Waals surface area contributed by atoms with Crippen molar-refractivity contribution in [1.82, 2.24) is 0 Å². The van der Waals surface area contributed by atoms with Crippen molar-refractivity contribution in [3.8, 4) is 11.1 Å². The van der Waals surface area contributed by atoms with Crippen molar-refractivity contribution in [3.05, 3.63) is 59.4 Å². The predicted octanol–water partition coefficient (Wildman–Crippen LogP) is 8.95. The minimum absolute atomic E-state index is 0.0660. The van der Waals surface area contributed by atoms with Crippen LogP contribution >= 0.6 is 0 Å². The molecule has 0 amide bonds. The topological polar surface area (TPSA) is 9.23 Å². The Balaban J connectivity index is 1.30. The molecule has 180 valence electrons. The van der Waals surface area contributed by atoms with E-state index in [9.17, 15) is 0 Å². The second-order valence-electron chi connectivity index (χ2n) is 10.8. The molecule has 2 fully saturated rings. The van der Waals surface area contributed by atoms with E-state index in [1.807, 2.05) is 19.2 Å². The average molecular weight is 451 g/mol. The first kappa shape index (κ1) is 24.5. The molecule has 2 aromatic rings. The smallest absolute Gasteiger partial charge is 0.131 e. The van der Waals surface area contributed by atoms with Gasteiger partial charge in [-0.15, -0.1) is 0 Å². The Morgan fingerprint density at radius 2 is 1.42 bits per heavy atom. The maximum atomic E-state index is 15.1. The van der Waals surface area contributed by atoms with Gasteiger partial charge in [-0.25, -0.2) is 4.39 Å². The zero-order valence-corrected chi connectivity index (χ0v) is 20.8. The Labute approximate surface area is 201 Å². The number of rotatable bonds is 9. The molecule has 2 aliphatic rings. The summed E-state index contributed by atoms with van der Waals surface area (Å²) in [5.41, 5.74) is 4.30. The Morgan fingerprint density at radius 1 is 0.788 bits per heavy atom.